The first-order chi connectivity index (χ1) is 19.0. The average Bonchev–Trinajstić information content (AvgIpc) is 3.36. The number of nitrogens with one attached hydrogen (secondary N) is 1. The number of likely N-dealkylation sites (tertiary alicyclic amines) is 1. The van der Waals surface area contributed by atoms with Gasteiger partial charge >= 0.3 is 12.0 Å². The van der Waals surface area contributed by atoms with E-state index in [9.17, 15) is 19.5 Å². The molecular formula is C31H30N4O4. The highest BCUT2D eigenvalue weighted by molar-refractivity contribution is 6.01. The van der Waals surface area contributed by atoms with Crippen LogP contribution in [0.3, 0.4) is 0 Å². The maximum atomic E-state index is 14.2. The topological polar surface area (TPSA) is 96.9 Å². The number of piperazine rings is 1. The molecule has 6 rings (SSSR count). The van der Waals surface area contributed by atoms with Crippen molar-refractivity contribution in [3.63, 3.8) is 0 Å². The summed E-state index contributed by atoms with van der Waals surface area (Å²) in [4.78, 5) is 48.7. The van der Waals surface area contributed by atoms with Crippen molar-refractivity contribution < 1.29 is 19.5 Å². The molecule has 2 bridgehead atoms. The van der Waals surface area contributed by atoms with Gasteiger partial charge in [0.15, 0.2) is 6.04 Å². The zero-order valence-electron chi connectivity index (χ0n) is 21.4. The van der Waals surface area contributed by atoms with Gasteiger partial charge in [-0.2, -0.15) is 0 Å². The van der Waals surface area contributed by atoms with Crippen molar-refractivity contribution in [1.29, 1.82) is 0 Å². The molecule has 0 saturated carbocycles. The quantitative estimate of drug-likeness (QED) is 0.377. The number of H-pyrrole nitrogens is 1. The molecule has 0 spiro atoms. The number of para-hydroxylation sites is 3. The van der Waals surface area contributed by atoms with E-state index in [-0.39, 0.29) is 24.9 Å². The molecule has 2 fully saturated rings. The summed E-state index contributed by atoms with van der Waals surface area (Å²) in [6.45, 7) is 0.169. The molecule has 3 aromatic carbocycles. The van der Waals surface area contributed by atoms with Crippen molar-refractivity contribution in [3.8, 4) is 0 Å². The maximum absolute atomic E-state index is 14.2. The van der Waals surface area contributed by atoms with Gasteiger partial charge in [0.05, 0.1) is 23.8 Å². The molecule has 2 aliphatic rings. The standard InChI is InChI=1S/C31H30N4O4/c36-28(18-21-19-32-26-16-8-7-15-25(21)26)35-24-14-9-17-27(35)29(30(37)38)33(20-24)31(39)34(22-10-3-1-4-11-22)23-12-5-2-6-13-23/h1-8,10-13,15-16,19,24,27,29,32H,9,14,17-18,20H2,(H,37,38)/t24-,27+,29-/m0/s1. The number of carboxylic acids is 1. The average molecular weight is 523 g/mol. The number of piperidine rings is 1. The third-order valence-electron chi connectivity index (χ3n) is 7.92. The van der Waals surface area contributed by atoms with Crippen LogP contribution in [0.4, 0.5) is 16.2 Å². The number of anilines is 2. The number of rotatable bonds is 5. The summed E-state index contributed by atoms with van der Waals surface area (Å²) >= 11 is 0. The summed E-state index contributed by atoms with van der Waals surface area (Å²) in [6, 6.07) is 23.9. The van der Waals surface area contributed by atoms with E-state index in [0.717, 1.165) is 29.3 Å². The molecule has 4 aromatic rings. The number of fused-ring (bicyclic) bond motifs is 3. The lowest BCUT2D eigenvalue weighted by Crippen LogP contribution is -2.71. The number of urea groups is 1. The number of aliphatic carboxylic acids is 1. The van der Waals surface area contributed by atoms with Crippen LogP contribution < -0.4 is 4.90 Å². The fraction of sp³-hybridized carbons (Fsp3) is 0.258. The van der Waals surface area contributed by atoms with Crippen LogP contribution in [0, 0.1) is 0 Å². The fourth-order valence-corrected chi connectivity index (χ4v) is 6.22. The Morgan fingerprint density at radius 3 is 2.18 bits per heavy atom. The van der Waals surface area contributed by atoms with E-state index < -0.39 is 24.1 Å². The normalized spacial score (nSPS) is 20.6. The first kappa shape index (κ1) is 24.7. The lowest BCUT2D eigenvalue weighted by molar-refractivity contribution is -0.157. The predicted octanol–water partition coefficient (Wildman–Crippen LogP) is 5.19. The SMILES string of the molecule is O=C(O)[C@@H]1[C@H]2CCC[C@@H](CN1C(=O)N(c1ccccc1)c1ccccc1)N2C(=O)Cc1c[nH]c2ccccc12. The highest BCUT2D eigenvalue weighted by atomic mass is 16.4. The van der Waals surface area contributed by atoms with E-state index >= 15 is 0 Å². The zero-order valence-corrected chi connectivity index (χ0v) is 21.4. The molecule has 0 radical (unpaired) electrons. The van der Waals surface area contributed by atoms with Gasteiger partial charge in [-0.25, -0.2) is 9.59 Å². The number of aromatic nitrogens is 1. The number of carbonyl (C=O) groups is 3. The first-order valence-electron chi connectivity index (χ1n) is 13.3. The van der Waals surface area contributed by atoms with Gasteiger partial charge in [0.25, 0.3) is 0 Å². The summed E-state index contributed by atoms with van der Waals surface area (Å²) in [6.07, 6.45) is 4.11. The largest absolute Gasteiger partial charge is 0.480 e. The van der Waals surface area contributed by atoms with Crippen molar-refractivity contribution in [2.45, 2.75) is 43.8 Å². The Morgan fingerprint density at radius 1 is 0.872 bits per heavy atom. The number of carboxylic acid groups (broad SMARTS) is 1. The van der Waals surface area contributed by atoms with Gasteiger partial charge < -0.3 is 19.9 Å². The number of amides is 3. The van der Waals surface area contributed by atoms with E-state index in [2.05, 4.69) is 4.98 Å². The van der Waals surface area contributed by atoms with Crippen molar-refractivity contribution >= 4 is 40.2 Å². The second-order valence-corrected chi connectivity index (χ2v) is 10.2. The highest BCUT2D eigenvalue weighted by Crippen LogP contribution is 2.36. The van der Waals surface area contributed by atoms with Gasteiger partial charge in [-0.3, -0.25) is 9.69 Å². The molecular weight excluding hydrogens is 492 g/mol. The Bertz CT molecular complexity index is 1460. The van der Waals surface area contributed by atoms with E-state index in [0.29, 0.717) is 17.8 Å². The molecule has 198 valence electrons. The van der Waals surface area contributed by atoms with Crippen LogP contribution in [0.15, 0.2) is 91.1 Å². The smallest absolute Gasteiger partial charge is 0.329 e. The number of nitrogens with zero attached hydrogens (tertiary/aromatic N) is 3. The molecule has 2 saturated heterocycles. The minimum absolute atomic E-state index is 0.101. The zero-order chi connectivity index (χ0) is 26.9. The lowest BCUT2D eigenvalue weighted by Gasteiger charge is -2.53. The summed E-state index contributed by atoms with van der Waals surface area (Å²) in [5.74, 6) is -1.20. The van der Waals surface area contributed by atoms with Crippen molar-refractivity contribution in [3.05, 3.63) is 96.7 Å². The van der Waals surface area contributed by atoms with Crippen LogP contribution in [-0.4, -0.2) is 62.5 Å². The summed E-state index contributed by atoms with van der Waals surface area (Å²) < 4.78 is 0. The van der Waals surface area contributed by atoms with E-state index in [1.165, 1.54) is 4.90 Å². The van der Waals surface area contributed by atoms with Crippen molar-refractivity contribution in [1.82, 2.24) is 14.8 Å². The van der Waals surface area contributed by atoms with Gasteiger partial charge in [0.2, 0.25) is 5.91 Å². The van der Waals surface area contributed by atoms with E-state index in [1.54, 1.807) is 9.80 Å². The Hall–Kier alpha value is -4.59. The van der Waals surface area contributed by atoms with Crippen LogP contribution in [0.1, 0.15) is 24.8 Å². The van der Waals surface area contributed by atoms with Crippen molar-refractivity contribution in [2.24, 2.45) is 0 Å². The van der Waals surface area contributed by atoms with Gasteiger partial charge in [-0.05, 0) is 55.2 Å². The fourth-order valence-electron chi connectivity index (χ4n) is 6.22. The molecule has 3 atom stereocenters. The Balaban J connectivity index is 1.33. The van der Waals surface area contributed by atoms with Crippen molar-refractivity contribution in [2.75, 3.05) is 11.4 Å². The third-order valence-corrected chi connectivity index (χ3v) is 7.92. The minimum Gasteiger partial charge on any atom is -0.480 e. The van der Waals surface area contributed by atoms with Crippen LogP contribution in [0.2, 0.25) is 0 Å². The molecule has 2 aliphatic heterocycles. The molecule has 8 heteroatoms. The van der Waals surface area contributed by atoms with Gasteiger partial charge in [0.1, 0.15) is 0 Å². The maximum Gasteiger partial charge on any atom is 0.329 e. The molecule has 8 nitrogen and oxygen atoms in total. The predicted molar refractivity (Wildman–Crippen MR) is 149 cm³/mol. The first-order valence-corrected chi connectivity index (χ1v) is 13.3. The number of hydrogen-bond donors (Lipinski definition) is 2. The summed E-state index contributed by atoms with van der Waals surface area (Å²) in [7, 11) is 0. The minimum atomic E-state index is -1.14. The second-order valence-electron chi connectivity index (χ2n) is 10.2. The number of benzene rings is 3. The van der Waals surface area contributed by atoms with Gasteiger partial charge in [-0.1, -0.05) is 54.6 Å². The number of hydrogen-bond acceptors (Lipinski definition) is 3. The summed E-state index contributed by atoms with van der Waals surface area (Å²) in [5, 5.41) is 11.4. The van der Waals surface area contributed by atoms with Crippen LogP contribution in [-0.2, 0) is 16.0 Å². The second kappa shape index (κ2) is 10.3. The Kier molecular flexibility index (Phi) is 6.52. The molecule has 39 heavy (non-hydrogen) atoms. The van der Waals surface area contributed by atoms with Crippen LogP contribution in [0.5, 0.6) is 0 Å². The molecule has 0 aliphatic carbocycles. The molecule has 3 heterocycles. The van der Waals surface area contributed by atoms with Gasteiger partial charge in [-0.15, -0.1) is 0 Å². The molecule has 0 unspecified atom stereocenters. The van der Waals surface area contributed by atoms with Gasteiger partial charge in [0, 0.05) is 29.7 Å². The van der Waals surface area contributed by atoms with Crippen LogP contribution >= 0.6 is 0 Å². The number of carbonyl (C=O) groups excluding carboxylic acids is 2. The Labute approximate surface area is 226 Å². The monoisotopic (exact) mass is 522 g/mol. The van der Waals surface area contributed by atoms with E-state index in [1.807, 2.05) is 91.1 Å². The molecule has 2 N–H and O–H groups in total. The number of aromatic amines is 1. The lowest BCUT2D eigenvalue weighted by atomic mass is 9.85. The Morgan fingerprint density at radius 2 is 1.51 bits per heavy atom. The third kappa shape index (κ3) is 4.52. The van der Waals surface area contributed by atoms with E-state index in [4.69, 9.17) is 0 Å². The summed E-state index contributed by atoms with van der Waals surface area (Å²) in [5.41, 5.74) is 3.15. The highest BCUT2D eigenvalue weighted by Gasteiger charge is 2.51. The molecule has 3 amide bonds. The molecule has 1 aromatic heterocycles. The van der Waals surface area contributed by atoms with Crippen LogP contribution in [0.25, 0.3) is 10.9 Å².